The van der Waals surface area contributed by atoms with E-state index in [4.69, 9.17) is 0 Å². The van der Waals surface area contributed by atoms with Crippen LogP contribution in [0.2, 0.25) is 0 Å². The molecular weight excluding hydrogens is 266 g/mol. The Morgan fingerprint density at radius 3 is 1.95 bits per heavy atom. The van der Waals surface area contributed by atoms with Crippen LogP contribution < -0.4 is 5.32 Å². The zero-order chi connectivity index (χ0) is 14.5. The van der Waals surface area contributed by atoms with E-state index in [9.17, 15) is 4.79 Å². The summed E-state index contributed by atoms with van der Waals surface area (Å²) in [5.41, 5.74) is 3.02. The SMILES string of the molecule is O=C(Nc1ccc(-c2cncnc2)cc1)c1cncnc1. The fourth-order valence-electron chi connectivity index (χ4n) is 1.81. The minimum absolute atomic E-state index is 0.244. The first-order valence-electron chi connectivity index (χ1n) is 6.25. The van der Waals surface area contributed by atoms with Crippen LogP contribution in [0.1, 0.15) is 10.4 Å². The van der Waals surface area contributed by atoms with Crippen molar-refractivity contribution in [2.45, 2.75) is 0 Å². The van der Waals surface area contributed by atoms with Crippen LogP contribution in [-0.2, 0) is 0 Å². The standard InChI is InChI=1S/C15H11N5O/c21-15(13-7-18-10-19-8-13)20-14-3-1-11(2-4-14)12-5-16-9-17-6-12/h1-10H,(H,20,21). The summed E-state index contributed by atoms with van der Waals surface area (Å²) in [6.45, 7) is 0. The van der Waals surface area contributed by atoms with Gasteiger partial charge in [0.1, 0.15) is 12.7 Å². The summed E-state index contributed by atoms with van der Waals surface area (Å²) < 4.78 is 0. The summed E-state index contributed by atoms with van der Waals surface area (Å²) >= 11 is 0. The number of amides is 1. The average Bonchev–Trinajstić information content (AvgIpc) is 2.57. The molecule has 0 aliphatic rings. The number of benzene rings is 1. The number of nitrogens with zero attached hydrogens (tertiary/aromatic N) is 4. The number of anilines is 1. The summed E-state index contributed by atoms with van der Waals surface area (Å²) in [7, 11) is 0. The summed E-state index contributed by atoms with van der Waals surface area (Å²) in [6, 6.07) is 7.44. The molecule has 21 heavy (non-hydrogen) atoms. The van der Waals surface area contributed by atoms with Crippen LogP contribution in [0.4, 0.5) is 5.69 Å². The van der Waals surface area contributed by atoms with Crippen LogP contribution in [0.25, 0.3) is 11.1 Å². The number of carbonyl (C=O) groups excluding carboxylic acids is 1. The summed E-state index contributed by atoms with van der Waals surface area (Å²) in [6.07, 6.45) is 9.29. The van der Waals surface area contributed by atoms with E-state index in [0.29, 0.717) is 11.3 Å². The maximum Gasteiger partial charge on any atom is 0.258 e. The molecule has 102 valence electrons. The molecule has 0 unspecified atom stereocenters. The first-order chi connectivity index (χ1) is 10.3. The monoisotopic (exact) mass is 277 g/mol. The quantitative estimate of drug-likeness (QED) is 0.793. The highest BCUT2D eigenvalue weighted by Crippen LogP contribution is 2.19. The lowest BCUT2D eigenvalue weighted by atomic mass is 10.1. The molecule has 0 bridgehead atoms. The molecule has 0 aliphatic heterocycles. The van der Waals surface area contributed by atoms with Gasteiger partial charge in [-0.1, -0.05) is 12.1 Å². The molecule has 3 rings (SSSR count). The fourth-order valence-corrected chi connectivity index (χ4v) is 1.81. The van der Waals surface area contributed by atoms with Gasteiger partial charge < -0.3 is 5.32 Å². The smallest absolute Gasteiger partial charge is 0.258 e. The normalized spacial score (nSPS) is 10.1. The van der Waals surface area contributed by atoms with E-state index in [2.05, 4.69) is 25.3 Å². The molecule has 3 aromatic rings. The number of nitrogens with one attached hydrogen (secondary N) is 1. The zero-order valence-electron chi connectivity index (χ0n) is 11.0. The van der Waals surface area contributed by atoms with Crippen molar-refractivity contribution in [3.63, 3.8) is 0 Å². The lowest BCUT2D eigenvalue weighted by molar-refractivity contribution is 0.102. The van der Waals surface area contributed by atoms with Gasteiger partial charge in [-0.25, -0.2) is 19.9 Å². The van der Waals surface area contributed by atoms with Crippen LogP contribution in [0.15, 0.2) is 61.7 Å². The van der Waals surface area contributed by atoms with E-state index in [0.717, 1.165) is 11.1 Å². The molecule has 0 atom stereocenters. The predicted molar refractivity (Wildman–Crippen MR) is 77.5 cm³/mol. The molecule has 1 aromatic carbocycles. The third kappa shape index (κ3) is 3.06. The van der Waals surface area contributed by atoms with Gasteiger partial charge in [-0.2, -0.15) is 0 Å². The van der Waals surface area contributed by atoms with Crippen LogP contribution in [-0.4, -0.2) is 25.8 Å². The van der Waals surface area contributed by atoms with Crippen molar-refractivity contribution >= 4 is 11.6 Å². The Morgan fingerprint density at radius 2 is 1.33 bits per heavy atom. The topological polar surface area (TPSA) is 80.7 Å². The minimum atomic E-state index is -0.244. The van der Waals surface area contributed by atoms with Crippen LogP contribution in [0, 0.1) is 0 Å². The van der Waals surface area contributed by atoms with Crippen molar-refractivity contribution in [3.05, 3.63) is 67.3 Å². The van der Waals surface area contributed by atoms with E-state index < -0.39 is 0 Å². The largest absolute Gasteiger partial charge is 0.322 e. The Hall–Kier alpha value is -3.15. The van der Waals surface area contributed by atoms with Crippen molar-refractivity contribution in [2.24, 2.45) is 0 Å². The lowest BCUT2D eigenvalue weighted by Crippen LogP contribution is -2.12. The highest BCUT2D eigenvalue weighted by molar-refractivity contribution is 6.03. The van der Waals surface area contributed by atoms with E-state index in [-0.39, 0.29) is 5.91 Å². The molecule has 6 heteroatoms. The van der Waals surface area contributed by atoms with Gasteiger partial charge in [0.25, 0.3) is 5.91 Å². The van der Waals surface area contributed by atoms with Crippen LogP contribution in [0.3, 0.4) is 0 Å². The Balaban J connectivity index is 1.75. The van der Waals surface area contributed by atoms with E-state index in [1.54, 1.807) is 12.4 Å². The second-order valence-electron chi connectivity index (χ2n) is 4.29. The number of hydrogen-bond donors (Lipinski definition) is 1. The molecule has 2 aromatic heterocycles. The maximum absolute atomic E-state index is 12.0. The van der Waals surface area contributed by atoms with Gasteiger partial charge in [0.05, 0.1) is 5.56 Å². The van der Waals surface area contributed by atoms with Crippen molar-refractivity contribution < 1.29 is 4.79 Å². The first kappa shape index (κ1) is 12.9. The van der Waals surface area contributed by atoms with E-state index in [1.165, 1.54) is 25.0 Å². The van der Waals surface area contributed by atoms with Gasteiger partial charge in [-0.15, -0.1) is 0 Å². The molecule has 1 N–H and O–H groups in total. The number of carbonyl (C=O) groups is 1. The average molecular weight is 277 g/mol. The number of aromatic nitrogens is 4. The molecule has 0 radical (unpaired) electrons. The zero-order valence-corrected chi connectivity index (χ0v) is 11.0. The summed E-state index contributed by atoms with van der Waals surface area (Å²) in [5.74, 6) is -0.244. The second-order valence-corrected chi connectivity index (χ2v) is 4.29. The minimum Gasteiger partial charge on any atom is -0.322 e. The first-order valence-corrected chi connectivity index (χ1v) is 6.25. The number of rotatable bonds is 3. The van der Waals surface area contributed by atoms with Gasteiger partial charge in [-0.3, -0.25) is 4.79 Å². The third-order valence-corrected chi connectivity index (χ3v) is 2.86. The molecule has 0 aliphatic carbocycles. The van der Waals surface area contributed by atoms with Crippen molar-refractivity contribution in [1.29, 1.82) is 0 Å². The molecule has 6 nitrogen and oxygen atoms in total. The molecule has 1 amide bonds. The number of hydrogen-bond acceptors (Lipinski definition) is 5. The van der Waals surface area contributed by atoms with Gasteiger partial charge in [0.2, 0.25) is 0 Å². The second kappa shape index (κ2) is 5.87. The summed E-state index contributed by atoms with van der Waals surface area (Å²) in [5, 5.41) is 2.79. The molecule has 0 spiro atoms. The van der Waals surface area contributed by atoms with Gasteiger partial charge >= 0.3 is 0 Å². The Kier molecular flexibility index (Phi) is 3.60. The highest BCUT2D eigenvalue weighted by Gasteiger charge is 2.06. The third-order valence-electron chi connectivity index (χ3n) is 2.86. The van der Waals surface area contributed by atoms with Crippen molar-refractivity contribution in [2.75, 3.05) is 5.32 Å². The predicted octanol–water partition coefficient (Wildman–Crippen LogP) is 2.19. The van der Waals surface area contributed by atoms with Crippen LogP contribution >= 0.6 is 0 Å². The van der Waals surface area contributed by atoms with Gasteiger partial charge in [0, 0.05) is 36.0 Å². The van der Waals surface area contributed by atoms with Crippen LogP contribution in [0.5, 0.6) is 0 Å². The molecule has 0 fully saturated rings. The van der Waals surface area contributed by atoms with Crippen molar-refractivity contribution in [1.82, 2.24) is 19.9 Å². The molecule has 0 saturated carbocycles. The van der Waals surface area contributed by atoms with E-state index >= 15 is 0 Å². The van der Waals surface area contributed by atoms with E-state index in [1.807, 2.05) is 24.3 Å². The van der Waals surface area contributed by atoms with Crippen molar-refractivity contribution in [3.8, 4) is 11.1 Å². The Bertz CT molecular complexity index is 729. The summed E-state index contributed by atoms with van der Waals surface area (Å²) in [4.78, 5) is 27.5. The maximum atomic E-state index is 12.0. The Labute approximate surface area is 121 Å². The molecular formula is C15H11N5O. The lowest BCUT2D eigenvalue weighted by Gasteiger charge is -2.06. The Morgan fingerprint density at radius 1 is 0.762 bits per heavy atom. The molecule has 0 saturated heterocycles. The van der Waals surface area contributed by atoms with Gasteiger partial charge in [0.15, 0.2) is 0 Å². The highest BCUT2D eigenvalue weighted by atomic mass is 16.1. The molecule has 2 heterocycles. The fraction of sp³-hybridized carbons (Fsp3) is 0. The van der Waals surface area contributed by atoms with Gasteiger partial charge in [-0.05, 0) is 17.7 Å².